The summed E-state index contributed by atoms with van der Waals surface area (Å²) in [7, 11) is 2.03. The number of anilines is 1. The maximum atomic E-state index is 12.4. The lowest BCUT2D eigenvalue weighted by molar-refractivity contribution is -0.274. The quantitative estimate of drug-likeness (QED) is 0.275. The van der Waals surface area contributed by atoms with Crippen molar-refractivity contribution in [2.75, 3.05) is 51.2 Å². The maximum Gasteiger partial charge on any atom is 0.573 e. The number of pyridine rings is 1. The number of aromatic nitrogens is 5. The lowest BCUT2D eigenvalue weighted by Crippen LogP contribution is -2.48. The van der Waals surface area contributed by atoms with E-state index in [-0.39, 0.29) is 17.5 Å². The molecular formula is C28H31F3N8O2. The summed E-state index contributed by atoms with van der Waals surface area (Å²) in [5.41, 5.74) is 2.96. The molecule has 1 saturated heterocycles. The van der Waals surface area contributed by atoms with Crippen LogP contribution in [0.1, 0.15) is 11.3 Å². The Labute approximate surface area is 235 Å². The van der Waals surface area contributed by atoms with Crippen molar-refractivity contribution in [1.82, 2.24) is 34.7 Å². The summed E-state index contributed by atoms with van der Waals surface area (Å²) < 4.78 is 48.4. The fourth-order valence-electron chi connectivity index (χ4n) is 4.52. The SMILES string of the molecule is C=CN(C)CCN1CCN(c2cc(Cn3nc(-c4nc(-c5ccc(OC(F)(F)F)cc5)no4)cc3C)ccn2)CC1. The minimum Gasteiger partial charge on any atom is -0.406 e. The Bertz CT molecular complexity index is 1460. The fourth-order valence-corrected chi connectivity index (χ4v) is 4.52. The maximum absolute atomic E-state index is 12.4. The second kappa shape index (κ2) is 12.0. The molecule has 4 heterocycles. The predicted octanol–water partition coefficient (Wildman–Crippen LogP) is 4.45. The summed E-state index contributed by atoms with van der Waals surface area (Å²) in [5, 5.41) is 8.62. The molecule has 0 spiro atoms. The number of ether oxygens (including phenoxy) is 1. The molecule has 216 valence electrons. The Balaban J connectivity index is 1.22. The molecule has 5 rings (SSSR count). The summed E-state index contributed by atoms with van der Waals surface area (Å²) in [6, 6.07) is 11.2. The van der Waals surface area contributed by atoms with E-state index in [1.807, 2.05) is 43.2 Å². The molecule has 0 atom stereocenters. The van der Waals surface area contributed by atoms with Crippen LogP contribution < -0.4 is 9.64 Å². The second-order valence-electron chi connectivity index (χ2n) is 9.84. The molecule has 1 aromatic carbocycles. The number of benzene rings is 1. The summed E-state index contributed by atoms with van der Waals surface area (Å²) in [6.07, 6.45) is -1.09. The number of halogens is 3. The van der Waals surface area contributed by atoms with Gasteiger partial charge in [-0.05, 0) is 61.2 Å². The summed E-state index contributed by atoms with van der Waals surface area (Å²) in [5.74, 6) is 1.07. The molecule has 0 radical (unpaired) electrons. The van der Waals surface area contributed by atoms with Crippen molar-refractivity contribution in [1.29, 1.82) is 0 Å². The first kappa shape index (κ1) is 28.1. The minimum atomic E-state index is -4.76. The molecule has 1 fully saturated rings. The number of piperazine rings is 1. The van der Waals surface area contributed by atoms with Gasteiger partial charge in [-0.25, -0.2) is 4.98 Å². The highest BCUT2D eigenvalue weighted by atomic mass is 19.4. The van der Waals surface area contributed by atoms with Gasteiger partial charge in [-0.2, -0.15) is 10.1 Å². The first-order valence-electron chi connectivity index (χ1n) is 13.2. The highest BCUT2D eigenvalue weighted by molar-refractivity contribution is 5.59. The second-order valence-corrected chi connectivity index (χ2v) is 9.84. The molecule has 0 unspecified atom stereocenters. The molecule has 0 aliphatic carbocycles. The average molecular weight is 569 g/mol. The zero-order valence-corrected chi connectivity index (χ0v) is 22.9. The van der Waals surface area contributed by atoms with Crippen molar-refractivity contribution in [3.8, 4) is 28.7 Å². The van der Waals surface area contributed by atoms with Gasteiger partial charge < -0.3 is 19.1 Å². The first-order chi connectivity index (χ1) is 19.7. The van der Waals surface area contributed by atoms with Gasteiger partial charge in [0.1, 0.15) is 11.6 Å². The molecule has 41 heavy (non-hydrogen) atoms. The van der Waals surface area contributed by atoms with Crippen LogP contribution in [0.4, 0.5) is 19.0 Å². The zero-order valence-electron chi connectivity index (χ0n) is 22.9. The number of likely N-dealkylation sites (N-methyl/N-ethyl adjacent to an activating group) is 1. The van der Waals surface area contributed by atoms with Crippen LogP contribution in [0.3, 0.4) is 0 Å². The Morgan fingerprint density at radius 1 is 1.10 bits per heavy atom. The van der Waals surface area contributed by atoms with E-state index >= 15 is 0 Å². The smallest absolute Gasteiger partial charge is 0.406 e. The van der Waals surface area contributed by atoms with E-state index < -0.39 is 6.36 Å². The number of hydrogen-bond acceptors (Lipinski definition) is 9. The van der Waals surface area contributed by atoms with Gasteiger partial charge in [-0.3, -0.25) is 9.58 Å². The Morgan fingerprint density at radius 2 is 1.85 bits per heavy atom. The van der Waals surface area contributed by atoms with Gasteiger partial charge >= 0.3 is 6.36 Å². The topological polar surface area (TPSA) is 88.6 Å². The zero-order chi connectivity index (χ0) is 29.0. The number of alkyl halides is 3. The molecule has 3 aromatic heterocycles. The fraction of sp³-hybridized carbons (Fsp3) is 0.357. The van der Waals surface area contributed by atoms with Crippen LogP contribution in [-0.4, -0.2) is 87.4 Å². The van der Waals surface area contributed by atoms with Gasteiger partial charge in [0.15, 0.2) is 5.69 Å². The molecule has 1 aliphatic rings. The number of nitrogens with zero attached hydrogens (tertiary/aromatic N) is 8. The molecule has 0 amide bonds. The van der Waals surface area contributed by atoms with Gasteiger partial charge in [-0.1, -0.05) is 11.7 Å². The number of hydrogen-bond donors (Lipinski definition) is 0. The van der Waals surface area contributed by atoms with Crippen LogP contribution >= 0.6 is 0 Å². The summed E-state index contributed by atoms with van der Waals surface area (Å²) in [6.45, 7) is 12.0. The van der Waals surface area contributed by atoms with E-state index in [1.54, 1.807) is 0 Å². The molecule has 0 bridgehead atoms. The normalized spacial score (nSPS) is 14.3. The number of aryl methyl sites for hydroxylation is 1. The molecule has 0 N–H and O–H groups in total. The van der Waals surface area contributed by atoms with E-state index in [2.05, 4.69) is 52.3 Å². The van der Waals surface area contributed by atoms with E-state index in [0.29, 0.717) is 17.8 Å². The van der Waals surface area contributed by atoms with Crippen LogP contribution in [0.2, 0.25) is 0 Å². The predicted molar refractivity (Wildman–Crippen MR) is 147 cm³/mol. The van der Waals surface area contributed by atoms with Crippen LogP contribution in [0.25, 0.3) is 23.0 Å². The van der Waals surface area contributed by atoms with Gasteiger partial charge in [-0.15, -0.1) is 13.2 Å². The molecule has 10 nitrogen and oxygen atoms in total. The third kappa shape index (κ3) is 7.23. The van der Waals surface area contributed by atoms with Crippen LogP contribution in [0.15, 0.2) is 66.0 Å². The van der Waals surface area contributed by atoms with E-state index in [9.17, 15) is 13.2 Å². The van der Waals surface area contributed by atoms with Gasteiger partial charge in [0, 0.05) is 63.8 Å². The third-order valence-electron chi connectivity index (χ3n) is 6.89. The molecule has 4 aromatic rings. The third-order valence-corrected chi connectivity index (χ3v) is 6.89. The monoisotopic (exact) mass is 568 g/mol. The van der Waals surface area contributed by atoms with Crippen molar-refractivity contribution in [2.45, 2.75) is 19.8 Å². The minimum absolute atomic E-state index is 0.213. The first-order valence-corrected chi connectivity index (χ1v) is 13.2. The van der Waals surface area contributed by atoms with Crippen molar-refractivity contribution in [3.05, 3.63) is 72.7 Å². The highest BCUT2D eigenvalue weighted by Crippen LogP contribution is 2.27. The van der Waals surface area contributed by atoms with Crippen LogP contribution in [0, 0.1) is 6.92 Å². The van der Waals surface area contributed by atoms with Gasteiger partial charge in [0.05, 0.1) is 6.54 Å². The van der Waals surface area contributed by atoms with Gasteiger partial charge in [0.25, 0.3) is 5.89 Å². The summed E-state index contributed by atoms with van der Waals surface area (Å²) in [4.78, 5) is 15.8. The van der Waals surface area contributed by atoms with Crippen molar-refractivity contribution < 1.29 is 22.4 Å². The van der Waals surface area contributed by atoms with E-state index in [4.69, 9.17) is 4.52 Å². The van der Waals surface area contributed by atoms with Crippen LogP contribution in [-0.2, 0) is 6.54 Å². The van der Waals surface area contributed by atoms with E-state index in [1.165, 1.54) is 24.3 Å². The number of rotatable bonds is 10. The molecular weight excluding hydrogens is 537 g/mol. The van der Waals surface area contributed by atoms with Crippen molar-refractivity contribution in [3.63, 3.8) is 0 Å². The lowest BCUT2D eigenvalue weighted by Gasteiger charge is -2.36. The van der Waals surface area contributed by atoms with Crippen molar-refractivity contribution in [2.24, 2.45) is 0 Å². The molecule has 13 heteroatoms. The Hall–Kier alpha value is -4.39. The van der Waals surface area contributed by atoms with Crippen molar-refractivity contribution >= 4 is 5.82 Å². The molecule has 1 aliphatic heterocycles. The highest BCUT2D eigenvalue weighted by Gasteiger charge is 2.31. The Kier molecular flexibility index (Phi) is 8.24. The largest absolute Gasteiger partial charge is 0.573 e. The van der Waals surface area contributed by atoms with Gasteiger partial charge in [0.2, 0.25) is 5.82 Å². The summed E-state index contributed by atoms with van der Waals surface area (Å²) >= 11 is 0. The average Bonchev–Trinajstić information content (AvgIpc) is 3.59. The molecule has 0 saturated carbocycles. The van der Waals surface area contributed by atoms with E-state index in [0.717, 1.165) is 56.3 Å². The lowest BCUT2D eigenvalue weighted by atomic mass is 10.2. The van der Waals surface area contributed by atoms with Crippen LogP contribution in [0.5, 0.6) is 5.75 Å². The standard InChI is InChI=1S/C28H31F3N8O2/c1-4-36(3)11-12-37-13-15-38(16-14-37)25-18-21(9-10-32-25)19-39-20(2)17-24(34-39)27-33-26(35-41-27)22-5-7-23(8-6-22)40-28(29,30)31/h4-10,17-18H,1,11-16,19H2,2-3H3. The Morgan fingerprint density at radius 3 is 2.56 bits per heavy atom.